The number of aromatic nitrogens is 1. The number of carbonyl (C=O) groups is 1. The van der Waals surface area contributed by atoms with E-state index in [1.165, 1.54) is 0 Å². The molecule has 2 aromatic rings. The molecule has 1 aliphatic rings. The number of rotatable bonds is 5. The van der Waals surface area contributed by atoms with Crippen molar-refractivity contribution in [1.82, 2.24) is 9.47 Å². The monoisotopic (exact) mass is 381 g/mol. The third-order valence-corrected chi connectivity index (χ3v) is 4.87. The maximum absolute atomic E-state index is 12.8. The van der Waals surface area contributed by atoms with E-state index in [4.69, 9.17) is 10.5 Å². The molecule has 1 aromatic carbocycles. The van der Waals surface area contributed by atoms with Gasteiger partial charge in [0.2, 0.25) is 0 Å². The summed E-state index contributed by atoms with van der Waals surface area (Å²) in [7, 11) is 1.72. The van der Waals surface area contributed by atoms with Gasteiger partial charge in [0.1, 0.15) is 0 Å². The van der Waals surface area contributed by atoms with E-state index in [9.17, 15) is 9.18 Å². The van der Waals surface area contributed by atoms with E-state index >= 15 is 0 Å². The van der Waals surface area contributed by atoms with E-state index in [1.807, 2.05) is 39.9 Å². The fourth-order valence-electron chi connectivity index (χ4n) is 3.31. The largest absolute Gasteiger partial charge is 0.381 e. The van der Waals surface area contributed by atoms with Crippen molar-refractivity contribution >= 4 is 29.2 Å². The van der Waals surface area contributed by atoms with Gasteiger partial charge in [-0.25, -0.2) is 4.39 Å². The molecule has 142 valence electrons. The van der Waals surface area contributed by atoms with Gasteiger partial charge in [-0.3, -0.25) is 4.79 Å². The molecule has 0 atom stereocenters. The van der Waals surface area contributed by atoms with Gasteiger partial charge in [0.05, 0.1) is 12.4 Å². The highest BCUT2D eigenvalue weighted by molar-refractivity contribution is 5.98. The maximum Gasteiger partial charge on any atom is 0.253 e. The molecule has 1 aromatic heterocycles. The molecule has 2 heterocycles. The number of nitrogens with two attached hydrogens (primary N) is 1. The minimum Gasteiger partial charge on any atom is -0.381 e. The van der Waals surface area contributed by atoms with Crippen molar-refractivity contribution < 1.29 is 13.9 Å². The minimum atomic E-state index is 0. The third-order valence-electron chi connectivity index (χ3n) is 4.87. The highest BCUT2D eigenvalue weighted by Gasteiger charge is 2.23. The second-order valence-electron chi connectivity index (χ2n) is 6.42. The zero-order valence-electron chi connectivity index (χ0n) is 14.9. The molecule has 2 N–H and O–H groups in total. The fourth-order valence-corrected chi connectivity index (χ4v) is 3.31. The maximum atomic E-state index is 12.8. The number of hydrogen-bond acceptors (Lipinski definition) is 3. The van der Waals surface area contributed by atoms with Gasteiger partial charge in [0.25, 0.3) is 5.91 Å². The number of methoxy groups -OCH3 is 1. The van der Waals surface area contributed by atoms with Crippen LogP contribution in [-0.4, -0.2) is 48.2 Å². The molecule has 26 heavy (non-hydrogen) atoms. The van der Waals surface area contributed by atoms with E-state index in [-0.39, 0.29) is 31.0 Å². The Bertz CT molecular complexity index is 782. The summed E-state index contributed by atoms with van der Waals surface area (Å²) in [6.45, 7) is 2.04. The number of carbonyl (C=O) groups excluding carboxylic acids is 1. The Labute approximate surface area is 159 Å². The Morgan fingerprint density at radius 3 is 2.69 bits per heavy atom. The molecule has 1 fully saturated rings. The number of amides is 1. The number of halogens is 2. The van der Waals surface area contributed by atoms with E-state index in [2.05, 4.69) is 0 Å². The van der Waals surface area contributed by atoms with E-state index in [0.29, 0.717) is 24.0 Å². The number of likely N-dealkylation sites (tertiary alicyclic amines) is 1. The molecule has 0 unspecified atom stereocenters. The molecule has 0 spiro atoms. The summed E-state index contributed by atoms with van der Waals surface area (Å²) in [6, 6.07) is 7.59. The van der Waals surface area contributed by atoms with E-state index < -0.39 is 0 Å². The molecular formula is C19H25ClFN3O2. The smallest absolute Gasteiger partial charge is 0.253 e. The van der Waals surface area contributed by atoms with Crippen LogP contribution < -0.4 is 5.73 Å². The summed E-state index contributed by atoms with van der Waals surface area (Å²) < 4.78 is 20.1. The van der Waals surface area contributed by atoms with Gasteiger partial charge < -0.3 is 19.9 Å². The number of fused-ring (bicyclic) bond motifs is 1. The quantitative estimate of drug-likeness (QED) is 0.865. The zero-order valence-corrected chi connectivity index (χ0v) is 15.7. The van der Waals surface area contributed by atoms with Gasteiger partial charge in [0, 0.05) is 56.0 Å². The second-order valence-corrected chi connectivity index (χ2v) is 6.42. The lowest BCUT2D eigenvalue weighted by molar-refractivity contribution is 0.0351. The number of piperidine rings is 1. The van der Waals surface area contributed by atoms with Crippen LogP contribution in [-0.2, 0) is 11.3 Å². The lowest BCUT2D eigenvalue weighted by Gasteiger charge is -2.31. The third kappa shape index (κ3) is 4.26. The van der Waals surface area contributed by atoms with Crippen LogP contribution in [0.15, 0.2) is 42.4 Å². The van der Waals surface area contributed by atoms with Crippen LogP contribution in [0.3, 0.4) is 0 Å². The van der Waals surface area contributed by atoms with Crippen molar-refractivity contribution in [1.29, 1.82) is 0 Å². The SMILES string of the molecule is COC1CCN(C(=O)c2ccc3c(ccn3CC(=CF)CN)c2)CC1.Cl. The summed E-state index contributed by atoms with van der Waals surface area (Å²) >= 11 is 0. The molecule has 0 aliphatic carbocycles. The van der Waals surface area contributed by atoms with Crippen molar-refractivity contribution in [2.24, 2.45) is 5.73 Å². The summed E-state index contributed by atoms with van der Waals surface area (Å²) in [6.07, 6.45) is 4.45. The zero-order chi connectivity index (χ0) is 17.8. The number of ether oxygens (including phenoxy) is 1. The first kappa shape index (κ1) is 20.4. The van der Waals surface area contributed by atoms with Crippen molar-refractivity contribution in [3.05, 3.63) is 47.9 Å². The van der Waals surface area contributed by atoms with Crippen molar-refractivity contribution in [2.75, 3.05) is 26.7 Å². The normalized spacial score (nSPS) is 16.0. The first-order chi connectivity index (χ1) is 12.2. The first-order valence-corrected chi connectivity index (χ1v) is 8.55. The number of hydrogen-bond donors (Lipinski definition) is 1. The Balaban J connectivity index is 0.00000243. The first-order valence-electron chi connectivity index (χ1n) is 8.55. The molecule has 0 radical (unpaired) electrons. The molecule has 3 rings (SSSR count). The fraction of sp³-hybridized carbons (Fsp3) is 0.421. The Morgan fingerprint density at radius 1 is 1.35 bits per heavy atom. The molecule has 5 nitrogen and oxygen atoms in total. The van der Waals surface area contributed by atoms with Crippen LogP contribution in [0.5, 0.6) is 0 Å². The topological polar surface area (TPSA) is 60.5 Å². The van der Waals surface area contributed by atoms with E-state index in [1.54, 1.807) is 7.11 Å². The summed E-state index contributed by atoms with van der Waals surface area (Å²) in [5.41, 5.74) is 7.70. The summed E-state index contributed by atoms with van der Waals surface area (Å²) in [5.74, 6) is 0.0514. The van der Waals surface area contributed by atoms with Gasteiger partial charge in [-0.05, 0) is 42.7 Å². The highest BCUT2D eigenvalue weighted by Crippen LogP contribution is 2.21. The van der Waals surface area contributed by atoms with Crippen LogP contribution in [0.2, 0.25) is 0 Å². The Kier molecular flexibility index (Phi) is 7.20. The standard InChI is InChI=1S/C19H24FN3O2.ClH/c1-25-17-5-8-22(9-6-17)19(24)16-2-3-18-15(10-16)4-7-23(18)13-14(11-20)12-21;/h2-4,7,10-11,17H,5-6,8-9,12-13,21H2,1H3;1H. The molecule has 7 heteroatoms. The summed E-state index contributed by atoms with van der Waals surface area (Å²) in [4.78, 5) is 14.6. The molecular weight excluding hydrogens is 357 g/mol. The van der Waals surface area contributed by atoms with Crippen molar-refractivity contribution in [2.45, 2.75) is 25.5 Å². The van der Waals surface area contributed by atoms with Gasteiger partial charge in [-0.1, -0.05) is 0 Å². The summed E-state index contributed by atoms with van der Waals surface area (Å²) in [5, 5.41) is 0.966. The molecule has 0 bridgehead atoms. The Morgan fingerprint density at radius 2 is 2.08 bits per heavy atom. The van der Waals surface area contributed by atoms with Crippen LogP contribution in [0.4, 0.5) is 4.39 Å². The number of benzene rings is 1. The van der Waals surface area contributed by atoms with Gasteiger partial charge in [0.15, 0.2) is 0 Å². The van der Waals surface area contributed by atoms with Crippen molar-refractivity contribution in [3.63, 3.8) is 0 Å². The van der Waals surface area contributed by atoms with Gasteiger partial charge in [-0.2, -0.15) is 0 Å². The number of nitrogens with zero attached hydrogens (tertiary/aromatic N) is 2. The van der Waals surface area contributed by atoms with E-state index in [0.717, 1.165) is 36.8 Å². The molecule has 1 saturated heterocycles. The minimum absolute atomic E-state index is 0. The molecule has 0 saturated carbocycles. The lowest BCUT2D eigenvalue weighted by atomic mass is 10.1. The predicted octanol–water partition coefficient (Wildman–Crippen LogP) is 3.13. The Hall–Kier alpha value is -1.89. The van der Waals surface area contributed by atoms with Crippen LogP contribution in [0.25, 0.3) is 10.9 Å². The molecule has 1 amide bonds. The van der Waals surface area contributed by atoms with Crippen LogP contribution in [0.1, 0.15) is 23.2 Å². The lowest BCUT2D eigenvalue weighted by Crippen LogP contribution is -2.40. The van der Waals surface area contributed by atoms with Gasteiger partial charge in [-0.15, -0.1) is 12.4 Å². The average Bonchev–Trinajstić information content (AvgIpc) is 3.07. The van der Waals surface area contributed by atoms with Gasteiger partial charge >= 0.3 is 0 Å². The van der Waals surface area contributed by atoms with Crippen LogP contribution in [0, 0.1) is 0 Å². The average molecular weight is 382 g/mol. The second kappa shape index (κ2) is 9.16. The predicted molar refractivity (Wildman–Crippen MR) is 103 cm³/mol. The highest BCUT2D eigenvalue weighted by atomic mass is 35.5. The van der Waals surface area contributed by atoms with Crippen molar-refractivity contribution in [3.8, 4) is 0 Å². The molecule has 1 aliphatic heterocycles. The van der Waals surface area contributed by atoms with Crippen LogP contribution >= 0.6 is 12.4 Å².